The molecule has 1 aliphatic rings. The SMILES string of the molecule is [2H]C([2H])([2H])OCCOc1ccc(N2CCN(CCN(C)C(=O)OC(C)(C)C)CC2)c(F)c1. The van der Waals surface area contributed by atoms with Gasteiger partial charge in [-0.2, -0.15) is 0 Å². The first kappa shape index (κ1) is 18.9. The van der Waals surface area contributed by atoms with Gasteiger partial charge in [-0.1, -0.05) is 0 Å². The van der Waals surface area contributed by atoms with Crippen LogP contribution in [-0.2, 0) is 9.47 Å². The number of likely N-dealkylation sites (N-methyl/N-ethyl adjacent to an activating group) is 1. The molecule has 1 saturated heterocycles. The van der Waals surface area contributed by atoms with Crippen LogP contribution >= 0.6 is 0 Å². The maximum absolute atomic E-state index is 14.6. The van der Waals surface area contributed by atoms with E-state index < -0.39 is 18.5 Å². The molecule has 0 atom stereocenters. The van der Waals surface area contributed by atoms with Crippen molar-refractivity contribution in [3.05, 3.63) is 24.0 Å². The first-order valence-corrected chi connectivity index (χ1v) is 9.82. The monoisotopic (exact) mass is 414 g/mol. The second-order valence-electron chi connectivity index (χ2n) is 8.04. The minimum atomic E-state index is -2.47. The van der Waals surface area contributed by atoms with Gasteiger partial charge < -0.3 is 24.0 Å². The molecule has 0 aliphatic carbocycles. The fourth-order valence-corrected chi connectivity index (χ4v) is 2.97. The second-order valence-corrected chi connectivity index (χ2v) is 8.04. The Balaban J connectivity index is 1.76. The molecule has 1 fully saturated rings. The van der Waals surface area contributed by atoms with Crippen LogP contribution in [0.25, 0.3) is 0 Å². The van der Waals surface area contributed by atoms with Crippen molar-refractivity contribution in [1.82, 2.24) is 9.80 Å². The molecule has 29 heavy (non-hydrogen) atoms. The van der Waals surface area contributed by atoms with E-state index >= 15 is 0 Å². The average molecular weight is 415 g/mol. The average Bonchev–Trinajstić information content (AvgIpc) is 2.68. The number of nitrogens with zero attached hydrogens (tertiary/aromatic N) is 3. The van der Waals surface area contributed by atoms with Crippen LogP contribution in [0.2, 0.25) is 0 Å². The predicted octanol–water partition coefficient (Wildman–Crippen LogP) is 2.84. The van der Waals surface area contributed by atoms with Crippen molar-refractivity contribution >= 4 is 11.8 Å². The largest absolute Gasteiger partial charge is 0.491 e. The van der Waals surface area contributed by atoms with Crippen molar-refractivity contribution < 1.29 is 27.5 Å². The van der Waals surface area contributed by atoms with Crippen LogP contribution in [0, 0.1) is 5.82 Å². The first-order chi connectivity index (χ1) is 14.8. The Morgan fingerprint density at radius 3 is 2.59 bits per heavy atom. The summed E-state index contributed by atoms with van der Waals surface area (Å²) < 4.78 is 50.8. The molecular formula is C21H34FN3O4. The highest BCUT2D eigenvalue weighted by Crippen LogP contribution is 2.25. The van der Waals surface area contributed by atoms with E-state index in [1.807, 2.05) is 25.7 Å². The first-order valence-electron chi connectivity index (χ1n) is 11.3. The molecule has 1 aromatic carbocycles. The van der Waals surface area contributed by atoms with Crippen molar-refractivity contribution in [2.24, 2.45) is 0 Å². The highest BCUT2D eigenvalue weighted by Gasteiger charge is 2.22. The summed E-state index contributed by atoms with van der Waals surface area (Å²) in [4.78, 5) is 17.8. The van der Waals surface area contributed by atoms with Gasteiger partial charge in [0, 0.05) is 59.4 Å². The molecule has 1 aromatic rings. The molecule has 1 aliphatic heterocycles. The van der Waals surface area contributed by atoms with Gasteiger partial charge in [0.1, 0.15) is 23.8 Å². The van der Waals surface area contributed by atoms with E-state index in [0.29, 0.717) is 31.1 Å². The quantitative estimate of drug-likeness (QED) is 0.610. The molecule has 0 aromatic heterocycles. The zero-order chi connectivity index (χ0) is 23.9. The Bertz CT molecular complexity index is 751. The van der Waals surface area contributed by atoms with Crippen molar-refractivity contribution in [3.63, 3.8) is 0 Å². The second kappa shape index (κ2) is 10.6. The number of halogens is 1. The fourth-order valence-electron chi connectivity index (χ4n) is 2.97. The number of amides is 1. The van der Waals surface area contributed by atoms with Crippen molar-refractivity contribution in [2.75, 3.05) is 71.5 Å². The maximum atomic E-state index is 14.6. The Morgan fingerprint density at radius 2 is 1.97 bits per heavy atom. The van der Waals surface area contributed by atoms with Gasteiger partial charge in [-0.25, -0.2) is 9.18 Å². The lowest BCUT2D eigenvalue weighted by atomic mass is 10.2. The predicted molar refractivity (Wildman–Crippen MR) is 111 cm³/mol. The van der Waals surface area contributed by atoms with Crippen molar-refractivity contribution in [1.29, 1.82) is 0 Å². The normalized spacial score (nSPS) is 17.3. The summed E-state index contributed by atoms with van der Waals surface area (Å²) in [7, 11) is -0.746. The van der Waals surface area contributed by atoms with Gasteiger partial charge >= 0.3 is 6.09 Å². The van der Waals surface area contributed by atoms with Crippen molar-refractivity contribution in [3.8, 4) is 5.75 Å². The van der Waals surface area contributed by atoms with Gasteiger partial charge in [0.2, 0.25) is 0 Å². The summed E-state index contributed by atoms with van der Waals surface area (Å²) >= 11 is 0. The van der Waals surface area contributed by atoms with E-state index in [-0.39, 0.29) is 19.3 Å². The molecule has 0 spiro atoms. The molecule has 1 amide bonds. The number of carbonyl (C=O) groups is 1. The topological polar surface area (TPSA) is 54.5 Å². The van der Waals surface area contributed by atoms with E-state index in [0.717, 1.165) is 19.6 Å². The van der Waals surface area contributed by atoms with Crippen LogP contribution in [-0.4, -0.2) is 88.1 Å². The smallest absolute Gasteiger partial charge is 0.410 e. The summed E-state index contributed by atoms with van der Waals surface area (Å²) in [5.74, 6) is -0.0680. The highest BCUT2D eigenvalue weighted by molar-refractivity contribution is 5.67. The number of hydrogen-bond donors (Lipinski definition) is 0. The number of ether oxygens (including phenoxy) is 3. The Labute approximate surface area is 177 Å². The number of hydrogen-bond acceptors (Lipinski definition) is 6. The minimum absolute atomic E-state index is 0.0214. The van der Waals surface area contributed by atoms with Crippen LogP contribution < -0.4 is 9.64 Å². The van der Waals surface area contributed by atoms with Gasteiger partial charge in [0.15, 0.2) is 0 Å². The van der Waals surface area contributed by atoms with Crippen LogP contribution in [0.15, 0.2) is 18.2 Å². The maximum Gasteiger partial charge on any atom is 0.410 e. The molecule has 8 heteroatoms. The van der Waals surface area contributed by atoms with E-state index in [9.17, 15) is 9.18 Å². The zero-order valence-electron chi connectivity index (χ0n) is 20.7. The number of benzene rings is 1. The molecule has 0 unspecified atom stereocenters. The lowest BCUT2D eigenvalue weighted by Gasteiger charge is -2.37. The van der Waals surface area contributed by atoms with Crippen LogP contribution in [0.3, 0.4) is 0 Å². The van der Waals surface area contributed by atoms with E-state index in [1.165, 1.54) is 6.07 Å². The number of rotatable bonds is 8. The summed E-state index contributed by atoms with van der Waals surface area (Å²) in [5, 5.41) is 0. The van der Waals surface area contributed by atoms with E-state index in [1.54, 1.807) is 24.1 Å². The molecule has 0 radical (unpaired) electrons. The minimum Gasteiger partial charge on any atom is -0.491 e. The summed E-state index contributed by atoms with van der Waals surface area (Å²) in [6.07, 6.45) is -0.342. The fraction of sp³-hybridized carbons (Fsp3) is 0.667. The Hall–Kier alpha value is -2.06. The molecule has 1 heterocycles. The van der Waals surface area contributed by atoms with Crippen LogP contribution in [0.4, 0.5) is 14.9 Å². The van der Waals surface area contributed by atoms with Gasteiger partial charge in [-0.3, -0.25) is 4.90 Å². The third-order valence-corrected chi connectivity index (χ3v) is 4.54. The van der Waals surface area contributed by atoms with Crippen LogP contribution in [0.1, 0.15) is 24.9 Å². The molecule has 0 saturated carbocycles. The molecule has 0 N–H and O–H groups in total. The molecule has 0 bridgehead atoms. The van der Waals surface area contributed by atoms with Crippen LogP contribution in [0.5, 0.6) is 5.75 Å². The summed E-state index contributed by atoms with van der Waals surface area (Å²) in [6.45, 7) is 9.55. The summed E-state index contributed by atoms with van der Waals surface area (Å²) in [6, 6.07) is 4.63. The van der Waals surface area contributed by atoms with Crippen molar-refractivity contribution in [2.45, 2.75) is 26.4 Å². The third-order valence-electron chi connectivity index (χ3n) is 4.54. The Kier molecular flexibility index (Phi) is 6.95. The van der Waals surface area contributed by atoms with Gasteiger partial charge in [-0.15, -0.1) is 0 Å². The Morgan fingerprint density at radius 1 is 1.24 bits per heavy atom. The standard InChI is InChI=1S/C21H34FN3O4/c1-21(2,3)29-20(26)23(4)8-9-24-10-12-25(13-11-24)19-7-6-17(16-18(19)22)28-15-14-27-5/h6-7,16H,8-15H2,1-5H3/i5D3. The molecule has 7 nitrogen and oxygen atoms in total. The van der Waals surface area contributed by atoms with E-state index in [2.05, 4.69) is 9.64 Å². The third kappa shape index (κ3) is 7.70. The number of anilines is 1. The van der Waals surface area contributed by atoms with Gasteiger partial charge in [0.25, 0.3) is 0 Å². The number of carbonyl (C=O) groups excluding carboxylic acids is 1. The number of piperazine rings is 1. The van der Waals surface area contributed by atoms with Gasteiger partial charge in [-0.05, 0) is 32.9 Å². The highest BCUT2D eigenvalue weighted by atomic mass is 19.1. The molecular weight excluding hydrogens is 377 g/mol. The van der Waals surface area contributed by atoms with E-state index in [4.69, 9.17) is 13.6 Å². The summed E-state index contributed by atoms with van der Waals surface area (Å²) in [5.41, 5.74) is -0.0192. The molecule has 164 valence electrons. The zero-order valence-corrected chi connectivity index (χ0v) is 17.7. The lowest BCUT2D eigenvalue weighted by molar-refractivity contribution is 0.0282. The molecule has 2 rings (SSSR count). The van der Waals surface area contributed by atoms with Gasteiger partial charge in [0.05, 0.1) is 16.4 Å². The lowest BCUT2D eigenvalue weighted by Crippen LogP contribution is -2.49. The number of methoxy groups -OCH3 is 1.